The summed E-state index contributed by atoms with van der Waals surface area (Å²) in [6.45, 7) is 0. The quantitative estimate of drug-likeness (QED) is 0.708. The SMILES string of the molecule is Clc1ccc2cc[nH]c2c1C1CC1. The number of aromatic nitrogens is 1. The fourth-order valence-electron chi connectivity index (χ4n) is 1.90. The Morgan fingerprint density at radius 3 is 2.85 bits per heavy atom. The van der Waals surface area contributed by atoms with Crippen LogP contribution in [0.3, 0.4) is 0 Å². The molecule has 1 saturated carbocycles. The van der Waals surface area contributed by atoms with Crippen LogP contribution in [0, 0.1) is 0 Å². The first-order valence-electron chi connectivity index (χ1n) is 4.62. The van der Waals surface area contributed by atoms with Gasteiger partial charge in [-0.15, -0.1) is 0 Å². The minimum absolute atomic E-state index is 0.704. The van der Waals surface area contributed by atoms with Crippen LogP contribution < -0.4 is 0 Å². The predicted octanol–water partition coefficient (Wildman–Crippen LogP) is 3.70. The number of H-pyrrole nitrogens is 1. The third-order valence-corrected chi connectivity index (χ3v) is 3.03. The predicted molar refractivity (Wildman–Crippen MR) is 55.3 cm³/mol. The summed E-state index contributed by atoms with van der Waals surface area (Å²) in [7, 11) is 0. The van der Waals surface area contributed by atoms with Crippen molar-refractivity contribution in [1.29, 1.82) is 0 Å². The van der Waals surface area contributed by atoms with Gasteiger partial charge in [0.15, 0.2) is 0 Å². The molecule has 1 fully saturated rings. The van der Waals surface area contributed by atoms with Crippen molar-refractivity contribution in [2.24, 2.45) is 0 Å². The average Bonchev–Trinajstić information content (AvgIpc) is 2.82. The van der Waals surface area contributed by atoms with Crippen LogP contribution in [-0.2, 0) is 0 Å². The maximum atomic E-state index is 6.18. The highest BCUT2D eigenvalue weighted by atomic mass is 35.5. The van der Waals surface area contributed by atoms with Crippen molar-refractivity contribution in [1.82, 2.24) is 4.98 Å². The lowest BCUT2D eigenvalue weighted by atomic mass is 10.1. The second kappa shape index (κ2) is 2.52. The van der Waals surface area contributed by atoms with Crippen LogP contribution in [0.4, 0.5) is 0 Å². The Balaban J connectivity index is 2.36. The number of nitrogens with one attached hydrogen (secondary N) is 1. The van der Waals surface area contributed by atoms with Crippen LogP contribution in [0.2, 0.25) is 5.02 Å². The standard InChI is InChI=1S/C11H10ClN/c12-9-4-3-8-5-6-13-11(8)10(9)7-1-2-7/h3-7,13H,1-2H2. The van der Waals surface area contributed by atoms with Crippen molar-refractivity contribution >= 4 is 22.5 Å². The summed E-state index contributed by atoms with van der Waals surface area (Å²) in [4.78, 5) is 3.27. The van der Waals surface area contributed by atoms with Crippen molar-refractivity contribution < 1.29 is 0 Å². The lowest BCUT2D eigenvalue weighted by molar-refractivity contribution is 1.14. The first-order chi connectivity index (χ1) is 6.36. The molecular formula is C11H10ClN. The molecule has 1 aromatic carbocycles. The molecule has 0 aliphatic heterocycles. The van der Waals surface area contributed by atoms with Crippen LogP contribution in [-0.4, -0.2) is 4.98 Å². The molecule has 0 saturated heterocycles. The lowest BCUT2D eigenvalue weighted by Gasteiger charge is -2.03. The molecule has 3 rings (SSSR count). The zero-order valence-electron chi connectivity index (χ0n) is 7.18. The Hall–Kier alpha value is -0.950. The summed E-state index contributed by atoms with van der Waals surface area (Å²) in [5, 5.41) is 2.18. The number of halogens is 1. The highest BCUT2D eigenvalue weighted by Gasteiger charge is 2.27. The molecule has 66 valence electrons. The molecular weight excluding hydrogens is 182 g/mol. The van der Waals surface area contributed by atoms with E-state index in [1.807, 2.05) is 12.3 Å². The first-order valence-corrected chi connectivity index (χ1v) is 4.99. The van der Waals surface area contributed by atoms with Crippen molar-refractivity contribution in [3.05, 3.63) is 35.0 Å². The molecule has 0 radical (unpaired) electrons. The highest BCUT2D eigenvalue weighted by Crippen LogP contribution is 2.45. The van der Waals surface area contributed by atoms with Crippen LogP contribution in [0.15, 0.2) is 24.4 Å². The monoisotopic (exact) mass is 191 g/mol. The van der Waals surface area contributed by atoms with E-state index in [9.17, 15) is 0 Å². The second-order valence-electron chi connectivity index (χ2n) is 3.68. The number of fused-ring (bicyclic) bond motifs is 1. The lowest BCUT2D eigenvalue weighted by Crippen LogP contribution is -1.83. The Bertz CT molecular complexity index is 454. The third-order valence-electron chi connectivity index (χ3n) is 2.70. The molecule has 1 nitrogen and oxygen atoms in total. The van der Waals surface area contributed by atoms with E-state index in [1.165, 1.54) is 29.3 Å². The zero-order chi connectivity index (χ0) is 8.84. The summed E-state index contributed by atoms with van der Waals surface area (Å²) in [6.07, 6.45) is 4.56. The van der Waals surface area contributed by atoms with E-state index in [0.717, 1.165) is 5.02 Å². The topological polar surface area (TPSA) is 15.8 Å². The van der Waals surface area contributed by atoms with Crippen molar-refractivity contribution in [3.63, 3.8) is 0 Å². The Morgan fingerprint density at radius 2 is 2.08 bits per heavy atom. The smallest absolute Gasteiger partial charge is 0.0504 e. The van der Waals surface area contributed by atoms with Crippen molar-refractivity contribution in [3.8, 4) is 0 Å². The van der Waals surface area contributed by atoms with E-state index in [4.69, 9.17) is 11.6 Å². The van der Waals surface area contributed by atoms with Crippen LogP contribution in [0.1, 0.15) is 24.3 Å². The minimum atomic E-state index is 0.704. The minimum Gasteiger partial charge on any atom is -0.361 e. The highest BCUT2D eigenvalue weighted by molar-refractivity contribution is 6.32. The molecule has 1 aromatic heterocycles. The molecule has 0 unspecified atom stereocenters. The van der Waals surface area contributed by atoms with E-state index in [2.05, 4.69) is 17.1 Å². The molecule has 0 spiro atoms. The van der Waals surface area contributed by atoms with Crippen LogP contribution in [0.25, 0.3) is 10.9 Å². The molecule has 0 amide bonds. The van der Waals surface area contributed by atoms with Crippen LogP contribution >= 0.6 is 11.6 Å². The summed E-state index contributed by atoms with van der Waals surface area (Å²) in [5.74, 6) is 0.704. The van der Waals surface area contributed by atoms with Gasteiger partial charge < -0.3 is 4.98 Å². The van der Waals surface area contributed by atoms with E-state index in [0.29, 0.717) is 5.92 Å². The fraction of sp³-hybridized carbons (Fsp3) is 0.273. The molecule has 1 aliphatic carbocycles. The van der Waals surface area contributed by atoms with Gasteiger partial charge >= 0.3 is 0 Å². The fourth-order valence-corrected chi connectivity index (χ4v) is 2.21. The summed E-state index contributed by atoms with van der Waals surface area (Å²) < 4.78 is 0. The molecule has 0 atom stereocenters. The van der Waals surface area contributed by atoms with Crippen LogP contribution in [0.5, 0.6) is 0 Å². The number of aromatic amines is 1. The largest absolute Gasteiger partial charge is 0.361 e. The van der Waals surface area contributed by atoms with E-state index >= 15 is 0 Å². The zero-order valence-corrected chi connectivity index (χ0v) is 7.93. The molecule has 1 aliphatic rings. The van der Waals surface area contributed by atoms with Crippen molar-refractivity contribution in [2.75, 3.05) is 0 Å². The van der Waals surface area contributed by atoms with Crippen molar-refractivity contribution in [2.45, 2.75) is 18.8 Å². The van der Waals surface area contributed by atoms with Gasteiger partial charge in [0.1, 0.15) is 0 Å². The third kappa shape index (κ3) is 1.07. The van der Waals surface area contributed by atoms with E-state index in [-0.39, 0.29) is 0 Å². The molecule has 1 N–H and O–H groups in total. The molecule has 0 bridgehead atoms. The molecule has 2 heteroatoms. The second-order valence-corrected chi connectivity index (χ2v) is 4.08. The molecule has 1 heterocycles. The van der Waals surface area contributed by atoms with E-state index in [1.54, 1.807) is 0 Å². The molecule has 13 heavy (non-hydrogen) atoms. The van der Waals surface area contributed by atoms with Gasteiger partial charge in [-0.05, 0) is 41.8 Å². The summed E-state index contributed by atoms with van der Waals surface area (Å²) >= 11 is 6.18. The Labute approximate surface area is 81.7 Å². The number of hydrogen-bond donors (Lipinski definition) is 1. The van der Waals surface area contributed by atoms with Gasteiger partial charge in [0, 0.05) is 11.2 Å². The Kier molecular flexibility index (Phi) is 1.44. The van der Waals surface area contributed by atoms with Gasteiger partial charge in [0.05, 0.1) is 5.52 Å². The van der Waals surface area contributed by atoms with Gasteiger partial charge in [0.2, 0.25) is 0 Å². The Morgan fingerprint density at radius 1 is 1.23 bits per heavy atom. The number of hydrogen-bond acceptors (Lipinski definition) is 0. The van der Waals surface area contributed by atoms with E-state index < -0.39 is 0 Å². The maximum absolute atomic E-state index is 6.18. The number of benzene rings is 1. The average molecular weight is 192 g/mol. The first kappa shape index (κ1) is 7.45. The maximum Gasteiger partial charge on any atom is 0.0504 e. The summed E-state index contributed by atoms with van der Waals surface area (Å²) in [6, 6.07) is 6.17. The van der Waals surface area contributed by atoms with Gasteiger partial charge in [-0.25, -0.2) is 0 Å². The van der Waals surface area contributed by atoms with Gasteiger partial charge in [-0.1, -0.05) is 17.7 Å². The summed E-state index contributed by atoms with van der Waals surface area (Å²) in [5.41, 5.74) is 2.55. The normalized spacial score (nSPS) is 16.7. The molecule has 2 aromatic rings. The van der Waals surface area contributed by atoms with Gasteiger partial charge in [-0.2, -0.15) is 0 Å². The van der Waals surface area contributed by atoms with Gasteiger partial charge in [0.25, 0.3) is 0 Å². The number of rotatable bonds is 1. The van der Waals surface area contributed by atoms with Gasteiger partial charge in [-0.3, -0.25) is 0 Å².